The molecular formula is C16H24N2O2. The van der Waals surface area contributed by atoms with Gasteiger partial charge in [0.25, 0.3) is 0 Å². The first-order chi connectivity index (χ1) is 9.60. The molecule has 4 nitrogen and oxygen atoms in total. The Labute approximate surface area is 120 Å². The fraction of sp³-hybridized carbons (Fsp3) is 0.562. The first kappa shape index (κ1) is 14.9. The standard InChI is InChI=1S/C16H24N2O2/c1-18(14-8-6-13(17)7-9-14)16(19)11-12-4-3-5-15(10-12)20-2/h3-5,10,13-14H,6-9,11,17H2,1-2H3. The second-order valence-corrected chi connectivity index (χ2v) is 5.60. The Balaban J connectivity index is 1.93. The Morgan fingerprint density at radius 3 is 2.70 bits per heavy atom. The summed E-state index contributed by atoms with van der Waals surface area (Å²) in [6.07, 6.45) is 4.49. The molecule has 0 aliphatic heterocycles. The number of likely N-dealkylation sites (N-methyl/N-ethyl adjacent to an activating group) is 1. The Bertz CT molecular complexity index is 454. The van der Waals surface area contributed by atoms with E-state index >= 15 is 0 Å². The molecule has 0 heterocycles. The number of hydrogen-bond donors (Lipinski definition) is 1. The van der Waals surface area contributed by atoms with E-state index in [1.54, 1.807) is 7.11 Å². The first-order valence-corrected chi connectivity index (χ1v) is 7.24. The lowest BCUT2D eigenvalue weighted by Crippen LogP contribution is -2.42. The summed E-state index contributed by atoms with van der Waals surface area (Å²) in [6, 6.07) is 8.34. The minimum absolute atomic E-state index is 0.165. The quantitative estimate of drug-likeness (QED) is 0.914. The van der Waals surface area contributed by atoms with Gasteiger partial charge in [0.1, 0.15) is 5.75 Å². The molecule has 2 N–H and O–H groups in total. The average Bonchev–Trinajstić information content (AvgIpc) is 2.47. The van der Waals surface area contributed by atoms with E-state index in [0.717, 1.165) is 37.0 Å². The molecule has 2 rings (SSSR count). The zero-order valence-corrected chi connectivity index (χ0v) is 12.3. The molecule has 0 saturated heterocycles. The van der Waals surface area contributed by atoms with Gasteiger partial charge in [-0.25, -0.2) is 0 Å². The lowest BCUT2D eigenvalue weighted by atomic mass is 9.91. The van der Waals surface area contributed by atoms with Crippen molar-refractivity contribution in [2.75, 3.05) is 14.2 Å². The van der Waals surface area contributed by atoms with Crippen LogP contribution in [0, 0.1) is 0 Å². The maximum Gasteiger partial charge on any atom is 0.226 e. The predicted molar refractivity (Wildman–Crippen MR) is 79.7 cm³/mol. The highest BCUT2D eigenvalue weighted by Crippen LogP contribution is 2.22. The van der Waals surface area contributed by atoms with Crippen molar-refractivity contribution in [3.8, 4) is 5.75 Å². The molecule has 1 amide bonds. The summed E-state index contributed by atoms with van der Waals surface area (Å²) in [5, 5.41) is 0. The summed E-state index contributed by atoms with van der Waals surface area (Å²) in [5.41, 5.74) is 6.91. The van der Waals surface area contributed by atoms with Crippen LogP contribution in [0.4, 0.5) is 0 Å². The van der Waals surface area contributed by atoms with Crippen LogP contribution >= 0.6 is 0 Å². The largest absolute Gasteiger partial charge is 0.497 e. The molecule has 1 fully saturated rings. The summed E-state index contributed by atoms with van der Waals surface area (Å²) in [6.45, 7) is 0. The van der Waals surface area contributed by atoms with Crippen molar-refractivity contribution >= 4 is 5.91 Å². The van der Waals surface area contributed by atoms with Crippen LogP contribution < -0.4 is 10.5 Å². The number of carbonyl (C=O) groups excluding carboxylic acids is 1. The monoisotopic (exact) mass is 276 g/mol. The van der Waals surface area contributed by atoms with Crippen molar-refractivity contribution in [2.24, 2.45) is 5.73 Å². The van der Waals surface area contributed by atoms with E-state index < -0.39 is 0 Å². The number of ether oxygens (including phenoxy) is 1. The van der Waals surface area contributed by atoms with E-state index in [0.29, 0.717) is 18.5 Å². The van der Waals surface area contributed by atoms with Crippen molar-refractivity contribution in [3.63, 3.8) is 0 Å². The van der Waals surface area contributed by atoms with Crippen molar-refractivity contribution in [1.82, 2.24) is 4.90 Å². The molecule has 0 unspecified atom stereocenters. The van der Waals surface area contributed by atoms with Gasteiger partial charge in [-0.1, -0.05) is 12.1 Å². The smallest absolute Gasteiger partial charge is 0.226 e. The highest BCUT2D eigenvalue weighted by atomic mass is 16.5. The van der Waals surface area contributed by atoms with Crippen molar-refractivity contribution in [1.29, 1.82) is 0 Å². The van der Waals surface area contributed by atoms with E-state index in [1.165, 1.54) is 0 Å². The normalized spacial score (nSPS) is 22.4. The van der Waals surface area contributed by atoms with E-state index in [4.69, 9.17) is 10.5 Å². The van der Waals surface area contributed by atoms with Gasteiger partial charge in [0.15, 0.2) is 0 Å². The third-order valence-corrected chi connectivity index (χ3v) is 4.17. The Morgan fingerprint density at radius 1 is 1.35 bits per heavy atom. The zero-order valence-electron chi connectivity index (χ0n) is 12.3. The Kier molecular flexibility index (Phi) is 5.01. The first-order valence-electron chi connectivity index (χ1n) is 7.24. The van der Waals surface area contributed by atoms with E-state index in [-0.39, 0.29) is 5.91 Å². The average molecular weight is 276 g/mol. The summed E-state index contributed by atoms with van der Waals surface area (Å²) in [7, 11) is 3.54. The number of hydrogen-bond acceptors (Lipinski definition) is 3. The van der Waals surface area contributed by atoms with Crippen LogP contribution in [-0.4, -0.2) is 37.0 Å². The van der Waals surface area contributed by atoms with Crippen LogP contribution in [0.1, 0.15) is 31.2 Å². The summed E-state index contributed by atoms with van der Waals surface area (Å²) in [4.78, 5) is 14.2. The van der Waals surface area contributed by atoms with Crippen LogP contribution in [0.5, 0.6) is 5.75 Å². The van der Waals surface area contributed by atoms with Gasteiger partial charge in [-0.2, -0.15) is 0 Å². The predicted octanol–water partition coefficient (Wildman–Crippen LogP) is 1.97. The van der Waals surface area contributed by atoms with Gasteiger partial charge in [0.2, 0.25) is 5.91 Å². The van der Waals surface area contributed by atoms with Crippen LogP contribution in [0.3, 0.4) is 0 Å². The molecule has 110 valence electrons. The molecule has 0 atom stereocenters. The van der Waals surface area contributed by atoms with Gasteiger partial charge in [0.05, 0.1) is 13.5 Å². The Morgan fingerprint density at radius 2 is 2.05 bits per heavy atom. The third-order valence-electron chi connectivity index (χ3n) is 4.17. The number of carbonyl (C=O) groups is 1. The van der Waals surface area contributed by atoms with Crippen molar-refractivity contribution in [2.45, 2.75) is 44.2 Å². The lowest BCUT2D eigenvalue weighted by Gasteiger charge is -2.33. The summed E-state index contributed by atoms with van der Waals surface area (Å²) >= 11 is 0. The van der Waals surface area contributed by atoms with Gasteiger partial charge in [-0.05, 0) is 43.4 Å². The van der Waals surface area contributed by atoms with Crippen molar-refractivity contribution in [3.05, 3.63) is 29.8 Å². The molecule has 1 saturated carbocycles. The SMILES string of the molecule is COc1cccc(CC(=O)N(C)C2CCC(N)CC2)c1. The molecule has 20 heavy (non-hydrogen) atoms. The fourth-order valence-corrected chi connectivity index (χ4v) is 2.77. The fourth-order valence-electron chi connectivity index (χ4n) is 2.77. The number of methoxy groups -OCH3 is 1. The molecule has 4 heteroatoms. The van der Waals surface area contributed by atoms with Gasteiger partial charge < -0.3 is 15.4 Å². The van der Waals surface area contributed by atoms with Crippen LogP contribution in [0.25, 0.3) is 0 Å². The molecule has 0 bridgehead atoms. The van der Waals surface area contributed by atoms with Crippen molar-refractivity contribution < 1.29 is 9.53 Å². The minimum atomic E-state index is 0.165. The molecule has 1 aromatic carbocycles. The summed E-state index contributed by atoms with van der Waals surface area (Å²) < 4.78 is 5.19. The third kappa shape index (κ3) is 3.73. The number of nitrogens with two attached hydrogens (primary N) is 1. The zero-order chi connectivity index (χ0) is 14.5. The molecular weight excluding hydrogens is 252 g/mol. The van der Waals surface area contributed by atoms with Gasteiger partial charge in [0, 0.05) is 19.1 Å². The second-order valence-electron chi connectivity index (χ2n) is 5.60. The highest BCUT2D eigenvalue weighted by Gasteiger charge is 2.24. The maximum atomic E-state index is 12.3. The number of amides is 1. The topological polar surface area (TPSA) is 55.6 Å². The molecule has 0 radical (unpaired) electrons. The van der Waals surface area contributed by atoms with Crippen LogP contribution in [-0.2, 0) is 11.2 Å². The van der Waals surface area contributed by atoms with E-state index in [2.05, 4.69) is 0 Å². The lowest BCUT2D eigenvalue weighted by molar-refractivity contribution is -0.131. The number of benzene rings is 1. The molecule has 1 aliphatic carbocycles. The highest BCUT2D eigenvalue weighted by molar-refractivity contribution is 5.79. The Hall–Kier alpha value is -1.55. The van der Waals surface area contributed by atoms with Crippen LogP contribution in [0.15, 0.2) is 24.3 Å². The molecule has 1 aromatic rings. The van der Waals surface area contributed by atoms with Gasteiger partial charge in [-0.3, -0.25) is 4.79 Å². The summed E-state index contributed by atoms with van der Waals surface area (Å²) in [5.74, 6) is 0.959. The van der Waals surface area contributed by atoms with E-state index in [9.17, 15) is 4.79 Å². The second kappa shape index (κ2) is 6.75. The maximum absolute atomic E-state index is 12.3. The molecule has 1 aliphatic rings. The molecule has 0 aromatic heterocycles. The van der Waals surface area contributed by atoms with Gasteiger partial charge >= 0.3 is 0 Å². The molecule has 0 spiro atoms. The van der Waals surface area contributed by atoms with Crippen LogP contribution in [0.2, 0.25) is 0 Å². The number of rotatable bonds is 4. The number of nitrogens with zero attached hydrogens (tertiary/aromatic N) is 1. The van der Waals surface area contributed by atoms with Gasteiger partial charge in [-0.15, -0.1) is 0 Å². The minimum Gasteiger partial charge on any atom is -0.497 e. The van der Waals surface area contributed by atoms with E-state index in [1.807, 2.05) is 36.2 Å².